The van der Waals surface area contributed by atoms with Crippen LogP contribution in [0.25, 0.3) is 10.6 Å². The Morgan fingerprint density at radius 3 is 2.44 bits per heavy atom. The van der Waals surface area contributed by atoms with E-state index >= 15 is 0 Å². The molecule has 0 aliphatic rings. The number of ether oxygens (including phenoxy) is 3. The van der Waals surface area contributed by atoms with E-state index in [0.29, 0.717) is 35.2 Å². The highest BCUT2D eigenvalue weighted by molar-refractivity contribution is 7.13. The van der Waals surface area contributed by atoms with Crippen LogP contribution in [-0.2, 0) is 16.0 Å². The van der Waals surface area contributed by atoms with Crippen molar-refractivity contribution in [2.24, 2.45) is 0 Å². The molecule has 1 aromatic heterocycles. The molecule has 2 aromatic carbocycles. The van der Waals surface area contributed by atoms with Crippen LogP contribution in [0.2, 0.25) is 0 Å². The fourth-order valence-corrected chi connectivity index (χ4v) is 3.77. The molecule has 0 bridgehead atoms. The average molecular weight is 456 g/mol. The smallest absolute Gasteiger partial charge is 0.413 e. The van der Waals surface area contributed by atoms with Gasteiger partial charge in [-0.25, -0.2) is 9.78 Å². The number of aromatic nitrogens is 1. The molecule has 0 unspecified atom stereocenters. The molecule has 0 radical (unpaired) electrons. The van der Waals surface area contributed by atoms with Crippen LogP contribution >= 0.6 is 11.3 Å². The van der Waals surface area contributed by atoms with Crippen LogP contribution < -0.4 is 19.7 Å². The van der Waals surface area contributed by atoms with Crippen molar-refractivity contribution in [3.05, 3.63) is 53.5 Å². The van der Waals surface area contributed by atoms with E-state index in [1.165, 1.54) is 16.2 Å². The van der Waals surface area contributed by atoms with Gasteiger partial charge in [0.25, 0.3) is 0 Å². The quantitative estimate of drug-likeness (QED) is 0.534. The van der Waals surface area contributed by atoms with Crippen molar-refractivity contribution >= 4 is 34.7 Å². The van der Waals surface area contributed by atoms with Gasteiger partial charge in [-0.15, -0.1) is 11.3 Å². The van der Waals surface area contributed by atoms with E-state index < -0.39 is 6.09 Å². The van der Waals surface area contributed by atoms with E-state index in [9.17, 15) is 9.59 Å². The Hall–Kier alpha value is -3.59. The molecule has 8 nitrogen and oxygen atoms in total. The van der Waals surface area contributed by atoms with Crippen molar-refractivity contribution in [1.29, 1.82) is 0 Å². The molecule has 9 heteroatoms. The minimum absolute atomic E-state index is 0.147. The Kier molecular flexibility index (Phi) is 7.67. The van der Waals surface area contributed by atoms with Crippen LogP contribution in [0.4, 0.5) is 16.2 Å². The topological polar surface area (TPSA) is 90.0 Å². The number of nitrogens with one attached hydrogen (secondary N) is 1. The summed E-state index contributed by atoms with van der Waals surface area (Å²) in [4.78, 5) is 30.2. The number of methoxy groups -OCH3 is 2. The summed E-state index contributed by atoms with van der Waals surface area (Å²) >= 11 is 1.46. The lowest BCUT2D eigenvalue weighted by molar-refractivity contribution is -0.115. The van der Waals surface area contributed by atoms with Crippen LogP contribution in [-0.4, -0.2) is 44.9 Å². The summed E-state index contributed by atoms with van der Waals surface area (Å²) in [6.45, 7) is 2.06. The van der Waals surface area contributed by atoms with Gasteiger partial charge in [-0.1, -0.05) is 0 Å². The molecular formula is C23H25N3O5S. The first kappa shape index (κ1) is 23.1. The van der Waals surface area contributed by atoms with Gasteiger partial charge in [0.2, 0.25) is 5.91 Å². The van der Waals surface area contributed by atoms with Gasteiger partial charge in [-0.3, -0.25) is 9.69 Å². The number of hydrogen-bond acceptors (Lipinski definition) is 7. The summed E-state index contributed by atoms with van der Waals surface area (Å²) in [6.07, 6.45) is -0.285. The molecule has 32 heavy (non-hydrogen) atoms. The SMILES string of the molecule is CCOC(=O)N(C)c1ccc(NC(=O)Cc2csc(-c3ccc(OC)c(OC)c3)n2)cc1. The minimum atomic E-state index is -0.432. The Bertz CT molecular complexity index is 1080. The number of hydrogen-bond donors (Lipinski definition) is 1. The van der Waals surface area contributed by atoms with Crippen molar-refractivity contribution in [2.45, 2.75) is 13.3 Å². The maximum Gasteiger partial charge on any atom is 0.413 e. The van der Waals surface area contributed by atoms with E-state index in [1.807, 2.05) is 23.6 Å². The lowest BCUT2D eigenvalue weighted by Gasteiger charge is -2.16. The summed E-state index contributed by atoms with van der Waals surface area (Å²) in [5.74, 6) is 1.09. The third kappa shape index (κ3) is 5.55. The van der Waals surface area contributed by atoms with Crippen LogP contribution in [0.3, 0.4) is 0 Å². The minimum Gasteiger partial charge on any atom is -0.493 e. The predicted molar refractivity (Wildman–Crippen MR) is 125 cm³/mol. The number of nitrogens with zero attached hydrogens (tertiary/aromatic N) is 2. The molecule has 0 atom stereocenters. The highest BCUT2D eigenvalue weighted by Crippen LogP contribution is 2.33. The van der Waals surface area contributed by atoms with E-state index in [1.54, 1.807) is 52.5 Å². The summed E-state index contributed by atoms with van der Waals surface area (Å²) in [5, 5.41) is 5.50. The van der Waals surface area contributed by atoms with E-state index in [-0.39, 0.29) is 12.3 Å². The lowest BCUT2D eigenvalue weighted by Crippen LogP contribution is -2.26. The van der Waals surface area contributed by atoms with Crippen molar-refractivity contribution in [1.82, 2.24) is 4.98 Å². The molecule has 0 saturated carbocycles. The summed E-state index contributed by atoms with van der Waals surface area (Å²) < 4.78 is 15.6. The van der Waals surface area contributed by atoms with Gasteiger partial charge >= 0.3 is 6.09 Å². The summed E-state index contributed by atoms with van der Waals surface area (Å²) in [6, 6.07) is 12.5. The van der Waals surface area contributed by atoms with Crippen molar-refractivity contribution in [3.63, 3.8) is 0 Å². The highest BCUT2D eigenvalue weighted by atomic mass is 32.1. The number of carbonyl (C=O) groups is 2. The second-order valence-corrected chi connectivity index (χ2v) is 7.60. The van der Waals surface area contributed by atoms with Crippen molar-refractivity contribution in [3.8, 4) is 22.1 Å². The Morgan fingerprint density at radius 2 is 1.78 bits per heavy atom. The maximum absolute atomic E-state index is 12.5. The monoisotopic (exact) mass is 455 g/mol. The van der Waals surface area contributed by atoms with Gasteiger partial charge in [0, 0.05) is 29.4 Å². The molecule has 3 rings (SSSR count). The van der Waals surface area contributed by atoms with Gasteiger partial charge < -0.3 is 19.5 Å². The fraction of sp³-hybridized carbons (Fsp3) is 0.261. The molecule has 0 spiro atoms. The zero-order chi connectivity index (χ0) is 23.1. The molecule has 1 heterocycles. The molecule has 0 saturated heterocycles. The third-order valence-corrected chi connectivity index (χ3v) is 5.54. The van der Waals surface area contributed by atoms with Crippen LogP contribution in [0.15, 0.2) is 47.8 Å². The molecule has 0 fully saturated rings. The summed E-state index contributed by atoms with van der Waals surface area (Å²) in [5.41, 5.74) is 2.86. The van der Waals surface area contributed by atoms with E-state index in [2.05, 4.69) is 10.3 Å². The molecule has 0 aliphatic heterocycles. The first-order valence-corrected chi connectivity index (χ1v) is 10.8. The van der Waals surface area contributed by atoms with E-state index in [0.717, 1.165) is 10.6 Å². The van der Waals surface area contributed by atoms with Crippen LogP contribution in [0, 0.1) is 0 Å². The summed E-state index contributed by atoms with van der Waals surface area (Å²) in [7, 11) is 4.80. The zero-order valence-corrected chi connectivity index (χ0v) is 19.2. The number of anilines is 2. The van der Waals surface area contributed by atoms with Gasteiger partial charge in [-0.05, 0) is 49.4 Å². The van der Waals surface area contributed by atoms with Crippen LogP contribution in [0.1, 0.15) is 12.6 Å². The third-order valence-electron chi connectivity index (χ3n) is 4.60. The van der Waals surface area contributed by atoms with Gasteiger partial charge in [0.15, 0.2) is 11.5 Å². The fourth-order valence-electron chi connectivity index (χ4n) is 2.95. The molecule has 168 valence electrons. The maximum atomic E-state index is 12.5. The highest BCUT2D eigenvalue weighted by Gasteiger charge is 2.14. The Balaban J connectivity index is 1.61. The zero-order valence-electron chi connectivity index (χ0n) is 18.4. The van der Waals surface area contributed by atoms with Crippen molar-refractivity contribution in [2.75, 3.05) is 38.1 Å². The first-order chi connectivity index (χ1) is 15.4. The Morgan fingerprint density at radius 1 is 1.06 bits per heavy atom. The van der Waals surface area contributed by atoms with E-state index in [4.69, 9.17) is 14.2 Å². The predicted octanol–water partition coefficient (Wildman–Crippen LogP) is 4.60. The molecule has 2 amide bonds. The lowest BCUT2D eigenvalue weighted by atomic mass is 10.2. The molecule has 1 N–H and O–H groups in total. The second-order valence-electron chi connectivity index (χ2n) is 6.74. The van der Waals surface area contributed by atoms with Gasteiger partial charge in [-0.2, -0.15) is 0 Å². The first-order valence-electron chi connectivity index (χ1n) is 9.92. The number of thiazole rings is 1. The molecular weight excluding hydrogens is 430 g/mol. The normalized spacial score (nSPS) is 10.4. The van der Waals surface area contributed by atoms with Crippen LogP contribution in [0.5, 0.6) is 11.5 Å². The number of carbonyl (C=O) groups excluding carboxylic acids is 2. The van der Waals surface area contributed by atoms with Gasteiger partial charge in [0.05, 0.1) is 32.9 Å². The number of rotatable bonds is 8. The number of benzene rings is 2. The standard InChI is InChI=1S/C23H25N3O5S/c1-5-31-23(28)26(2)18-9-7-16(8-10-18)24-21(27)13-17-14-32-22(25-17)15-6-11-19(29-3)20(12-15)30-4/h6-12,14H,5,13H2,1-4H3,(H,24,27). The largest absolute Gasteiger partial charge is 0.493 e. The van der Waals surface area contributed by atoms with Gasteiger partial charge in [0.1, 0.15) is 5.01 Å². The molecule has 0 aliphatic carbocycles. The average Bonchev–Trinajstić information content (AvgIpc) is 3.27. The van der Waals surface area contributed by atoms with Crippen molar-refractivity contribution < 1.29 is 23.8 Å². The molecule has 3 aromatic rings. The number of amides is 2. The Labute approximate surface area is 190 Å². The second kappa shape index (κ2) is 10.6.